The summed E-state index contributed by atoms with van der Waals surface area (Å²) in [5, 5.41) is 10.0. The number of carboxylic acids is 1. The van der Waals surface area contributed by atoms with Crippen LogP contribution >= 0.6 is 0 Å². The third kappa shape index (κ3) is 4.25. The Balaban J connectivity index is 1.67. The molecule has 31 heavy (non-hydrogen) atoms. The Kier molecular flexibility index (Phi) is 5.91. The average molecular weight is 417 g/mol. The van der Waals surface area contributed by atoms with E-state index >= 15 is 0 Å². The van der Waals surface area contributed by atoms with Crippen molar-refractivity contribution >= 4 is 16.9 Å². The first kappa shape index (κ1) is 20.5. The first-order chi connectivity index (χ1) is 15.1. The third-order valence-corrected chi connectivity index (χ3v) is 5.14. The predicted octanol–water partition coefficient (Wildman–Crippen LogP) is 4.77. The maximum absolute atomic E-state index is 11.1. The quantitative estimate of drug-likeness (QED) is 0.429. The standard InChI is InChI=1S/C25H23NO5/c1-29-25-17(14-26)7-4-9-19(25)23-13-20-18(8-5-11-22(20)31-23)15-30-21-10-3-2-6-16(21)12-24(27)28/h2-11,13H,12,14-15,26H2,1H3,(H,27,28). The molecule has 0 aliphatic heterocycles. The number of hydrogen-bond donors (Lipinski definition) is 2. The van der Waals surface area contributed by atoms with E-state index in [1.165, 1.54) is 0 Å². The fourth-order valence-electron chi connectivity index (χ4n) is 3.67. The molecule has 6 nitrogen and oxygen atoms in total. The molecule has 0 aliphatic rings. The molecule has 0 unspecified atom stereocenters. The molecule has 0 saturated carbocycles. The van der Waals surface area contributed by atoms with Crippen molar-refractivity contribution in [2.45, 2.75) is 19.6 Å². The van der Waals surface area contributed by atoms with Crippen molar-refractivity contribution in [3.8, 4) is 22.8 Å². The second-order valence-electron chi connectivity index (χ2n) is 7.11. The Morgan fingerprint density at radius 1 is 1.00 bits per heavy atom. The minimum absolute atomic E-state index is 0.0898. The van der Waals surface area contributed by atoms with Crippen LogP contribution in [0.4, 0.5) is 0 Å². The van der Waals surface area contributed by atoms with Gasteiger partial charge in [0, 0.05) is 28.6 Å². The van der Waals surface area contributed by atoms with Gasteiger partial charge in [0.25, 0.3) is 0 Å². The van der Waals surface area contributed by atoms with Crippen molar-refractivity contribution in [1.82, 2.24) is 0 Å². The number of benzene rings is 3. The molecular formula is C25H23NO5. The topological polar surface area (TPSA) is 94.9 Å². The highest BCUT2D eigenvalue weighted by Gasteiger charge is 2.16. The van der Waals surface area contributed by atoms with Crippen LogP contribution in [-0.4, -0.2) is 18.2 Å². The van der Waals surface area contributed by atoms with Gasteiger partial charge in [-0.25, -0.2) is 0 Å². The Labute approximate surface area is 179 Å². The molecule has 6 heteroatoms. The molecule has 0 atom stereocenters. The number of para-hydroxylation sites is 2. The number of rotatable bonds is 8. The first-order valence-corrected chi connectivity index (χ1v) is 9.91. The summed E-state index contributed by atoms with van der Waals surface area (Å²) in [6.45, 7) is 0.652. The number of furan rings is 1. The number of aliphatic carboxylic acids is 1. The smallest absolute Gasteiger partial charge is 0.307 e. The van der Waals surface area contributed by atoms with Crippen LogP contribution in [0.1, 0.15) is 16.7 Å². The molecule has 4 aromatic rings. The van der Waals surface area contributed by atoms with E-state index < -0.39 is 5.97 Å². The lowest BCUT2D eigenvalue weighted by atomic mass is 10.1. The first-order valence-electron chi connectivity index (χ1n) is 9.91. The zero-order valence-corrected chi connectivity index (χ0v) is 17.1. The largest absolute Gasteiger partial charge is 0.496 e. The number of fused-ring (bicyclic) bond motifs is 1. The second-order valence-corrected chi connectivity index (χ2v) is 7.11. The highest BCUT2D eigenvalue weighted by molar-refractivity contribution is 5.87. The maximum Gasteiger partial charge on any atom is 0.307 e. The monoisotopic (exact) mass is 417 g/mol. The van der Waals surface area contributed by atoms with Crippen molar-refractivity contribution in [1.29, 1.82) is 0 Å². The summed E-state index contributed by atoms with van der Waals surface area (Å²) in [6, 6.07) is 20.7. The molecule has 0 spiro atoms. The molecule has 1 heterocycles. The van der Waals surface area contributed by atoms with E-state index in [9.17, 15) is 4.79 Å². The zero-order chi connectivity index (χ0) is 21.8. The molecule has 3 N–H and O–H groups in total. The van der Waals surface area contributed by atoms with Gasteiger partial charge in [-0.1, -0.05) is 42.5 Å². The molecule has 0 fully saturated rings. The van der Waals surface area contributed by atoms with Gasteiger partial charge in [-0.05, 0) is 24.3 Å². The molecule has 158 valence electrons. The van der Waals surface area contributed by atoms with Crippen LogP contribution in [0.15, 0.2) is 71.1 Å². The molecule has 0 aliphatic carbocycles. The van der Waals surface area contributed by atoms with Crippen molar-refractivity contribution in [2.24, 2.45) is 5.73 Å². The summed E-state index contributed by atoms with van der Waals surface area (Å²) in [6.07, 6.45) is -0.0898. The summed E-state index contributed by atoms with van der Waals surface area (Å²) in [5.74, 6) is 1.04. The normalized spacial score (nSPS) is 10.9. The van der Waals surface area contributed by atoms with Crippen molar-refractivity contribution < 1.29 is 23.8 Å². The van der Waals surface area contributed by atoms with Crippen LogP contribution in [0.2, 0.25) is 0 Å². The van der Waals surface area contributed by atoms with Crippen molar-refractivity contribution in [2.75, 3.05) is 7.11 Å². The van der Waals surface area contributed by atoms with Gasteiger partial charge in [-0.2, -0.15) is 0 Å². The molecule has 3 aromatic carbocycles. The average Bonchev–Trinajstić information content (AvgIpc) is 3.22. The summed E-state index contributed by atoms with van der Waals surface area (Å²) < 4.78 is 17.7. The van der Waals surface area contributed by atoms with Crippen LogP contribution in [0.3, 0.4) is 0 Å². The number of hydrogen-bond acceptors (Lipinski definition) is 5. The third-order valence-electron chi connectivity index (χ3n) is 5.14. The van der Waals surface area contributed by atoms with Crippen LogP contribution in [0.5, 0.6) is 11.5 Å². The molecule has 4 rings (SSSR count). The Morgan fingerprint density at radius 3 is 2.52 bits per heavy atom. The highest BCUT2D eigenvalue weighted by atomic mass is 16.5. The molecular weight excluding hydrogens is 394 g/mol. The molecule has 1 aromatic heterocycles. The van der Waals surface area contributed by atoms with E-state index in [1.807, 2.05) is 48.5 Å². The van der Waals surface area contributed by atoms with E-state index in [0.29, 0.717) is 29.4 Å². The second kappa shape index (κ2) is 8.93. The van der Waals surface area contributed by atoms with Crippen molar-refractivity contribution in [3.63, 3.8) is 0 Å². The van der Waals surface area contributed by atoms with Gasteiger partial charge in [-0.3, -0.25) is 4.79 Å². The summed E-state index contributed by atoms with van der Waals surface area (Å²) in [5.41, 5.74) is 9.89. The lowest BCUT2D eigenvalue weighted by molar-refractivity contribution is -0.136. The van der Waals surface area contributed by atoms with Gasteiger partial charge >= 0.3 is 5.97 Å². The van der Waals surface area contributed by atoms with Gasteiger partial charge < -0.3 is 24.7 Å². The van der Waals surface area contributed by atoms with Gasteiger partial charge in [0.2, 0.25) is 0 Å². The fraction of sp³-hybridized carbons (Fsp3) is 0.160. The molecule has 0 bridgehead atoms. The summed E-state index contributed by atoms with van der Waals surface area (Å²) in [4.78, 5) is 11.1. The van der Waals surface area contributed by atoms with Crippen molar-refractivity contribution in [3.05, 3.63) is 83.4 Å². The zero-order valence-electron chi connectivity index (χ0n) is 17.1. The van der Waals surface area contributed by atoms with E-state index in [0.717, 1.165) is 27.7 Å². The lowest BCUT2D eigenvalue weighted by Gasteiger charge is -2.11. The van der Waals surface area contributed by atoms with Crippen LogP contribution < -0.4 is 15.2 Å². The fourth-order valence-corrected chi connectivity index (χ4v) is 3.67. The molecule has 0 saturated heterocycles. The minimum atomic E-state index is -0.897. The number of carbonyl (C=O) groups is 1. The maximum atomic E-state index is 11.1. The lowest BCUT2D eigenvalue weighted by Crippen LogP contribution is -2.04. The van der Waals surface area contributed by atoms with Crippen LogP contribution in [0, 0.1) is 0 Å². The van der Waals surface area contributed by atoms with Gasteiger partial charge in [0.05, 0.1) is 19.1 Å². The number of carboxylic acid groups (broad SMARTS) is 1. The van der Waals surface area contributed by atoms with Gasteiger partial charge in [-0.15, -0.1) is 0 Å². The van der Waals surface area contributed by atoms with E-state index in [2.05, 4.69) is 0 Å². The van der Waals surface area contributed by atoms with Gasteiger partial charge in [0.1, 0.15) is 29.4 Å². The summed E-state index contributed by atoms with van der Waals surface area (Å²) >= 11 is 0. The Morgan fingerprint density at radius 2 is 1.74 bits per heavy atom. The number of ether oxygens (including phenoxy) is 2. The van der Waals surface area contributed by atoms with E-state index in [-0.39, 0.29) is 13.0 Å². The number of nitrogens with two attached hydrogens (primary N) is 1. The highest BCUT2D eigenvalue weighted by Crippen LogP contribution is 2.37. The van der Waals surface area contributed by atoms with E-state index in [1.54, 1.807) is 25.3 Å². The SMILES string of the molecule is COc1c(CN)cccc1-c1cc2c(COc3ccccc3CC(=O)O)cccc2o1. The predicted molar refractivity (Wildman–Crippen MR) is 118 cm³/mol. The molecule has 0 radical (unpaired) electrons. The summed E-state index contributed by atoms with van der Waals surface area (Å²) in [7, 11) is 1.62. The molecule has 0 amide bonds. The Hall–Kier alpha value is -3.77. The number of methoxy groups -OCH3 is 1. The van der Waals surface area contributed by atoms with Crippen LogP contribution in [0.25, 0.3) is 22.3 Å². The van der Waals surface area contributed by atoms with Gasteiger partial charge in [0.15, 0.2) is 0 Å². The van der Waals surface area contributed by atoms with Crippen LogP contribution in [-0.2, 0) is 24.4 Å². The Bertz CT molecular complexity index is 1230. The minimum Gasteiger partial charge on any atom is -0.496 e. The van der Waals surface area contributed by atoms with E-state index in [4.69, 9.17) is 24.7 Å².